The van der Waals surface area contributed by atoms with Crippen molar-refractivity contribution in [1.82, 2.24) is 18.9 Å². The summed E-state index contributed by atoms with van der Waals surface area (Å²) in [5, 5.41) is 0.554. The highest BCUT2D eigenvalue weighted by Crippen LogP contribution is 2.24. The summed E-state index contributed by atoms with van der Waals surface area (Å²) in [5.41, 5.74) is 3.70. The minimum Gasteiger partial charge on any atom is -0.339 e. The Kier molecular flexibility index (Phi) is 6.78. The Morgan fingerprint density at radius 2 is 1.73 bits per heavy atom. The molecule has 3 aromatic rings. The van der Waals surface area contributed by atoms with E-state index in [-0.39, 0.29) is 24.7 Å². The summed E-state index contributed by atoms with van der Waals surface area (Å²) < 4.78 is 28.9. The van der Waals surface area contributed by atoms with Gasteiger partial charge in [0.05, 0.1) is 22.5 Å². The monoisotopic (exact) mass is 485 g/mol. The molecule has 1 aliphatic rings. The van der Waals surface area contributed by atoms with Crippen LogP contribution in [0, 0.1) is 13.8 Å². The quantitative estimate of drug-likeness (QED) is 0.425. The lowest BCUT2D eigenvalue weighted by Gasteiger charge is -2.34. The van der Waals surface area contributed by atoms with Crippen molar-refractivity contribution >= 4 is 27.7 Å². The van der Waals surface area contributed by atoms with E-state index < -0.39 is 10.0 Å². The zero-order chi connectivity index (χ0) is 23.6. The number of rotatable bonds is 6. The Labute approximate surface area is 198 Å². The van der Waals surface area contributed by atoms with Gasteiger partial charge in [-0.15, -0.1) is 0 Å². The molecule has 2 aromatic carbocycles. The number of amides is 1. The third-order valence-electron chi connectivity index (χ3n) is 5.80. The molecule has 1 saturated heterocycles. The van der Waals surface area contributed by atoms with E-state index in [1.165, 1.54) is 20.7 Å². The highest BCUT2D eigenvalue weighted by Gasteiger charge is 2.30. The molecule has 2 N–H and O–H groups in total. The van der Waals surface area contributed by atoms with Crippen molar-refractivity contribution in [3.05, 3.63) is 65.9 Å². The predicted molar refractivity (Wildman–Crippen MR) is 130 cm³/mol. The average molecular weight is 486 g/mol. The molecular formula is C23H27N5O3S2. The third-order valence-corrected chi connectivity index (χ3v) is 8.65. The lowest BCUT2D eigenvalue weighted by molar-refractivity contribution is -0.129. The standard InChI is InChI=1S/C23H27N5O3S2/c1-17-8-9-20(14-18(17)2)33(30,31)27-12-10-26(11-13-27)22(29)16-32-23-25-21(15-28(23)24)19-6-4-3-5-7-19/h3-9,14-15H,10-13,16,24H2,1-2H3. The highest BCUT2D eigenvalue weighted by atomic mass is 32.2. The maximum atomic E-state index is 13.0. The summed E-state index contributed by atoms with van der Waals surface area (Å²) in [5.74, 6) is 6.14. The molecule has 8 nitrogen and oxygen atoms in total. The first-order valence-electron chi connectivity index (χ1n) is 10.6. The van der Waals surface area contributed by atoms with Crippen molar-refractivity contribution in [1.29, 1.82) is 0 Å². The van der Waals surface area contributed by atoms with Crippen LogP contribution < -0.4 is 5.84 Å². The van der Waals surface area contributed by atoms with Gasteiger partial charge in [-0.1, -0.05) is 48.2 Å². The number of piperazine rings is 1. The Bertz CT molecular complexity index is 1250. The molecule has 0 spiro atoms. The first-order valence-corrected chi connectivity index (χ1v) is 13.1. The zero-order valence-corrected chi connectivity index (χ0v) is 20.3. The van der Waals surface area contributed by atoms with Gasteiger partial charge in [0, 0.05) is 31.7 Å². The summed E-state index contributed by atoms with van der Waals surface area (Å²) >= 11 is 1.27. The summed E-state index contributed by atoms with van der Waals surface area (Å²) in [4.78, 5) is 19.3. The number of imidazole rings is 1. The predicted octanol–water partition coefficient (Wildman–Crippen LogP) is 2.51. The number of nitrogens with two attached hydrogens (primary N) is 1. The molecule has 33 heavy (non-hydrogen) atoms. The molecule has 1 amide bonds. The largest absolute Gasteiger partial charge is 0.339 e. The summed E-state index contributed by atoms with van der Waals surface area (Å²) in [7, 11) is -3.57. The number of sulfonamides is 1. The Morgan fingerprint density at radius 1 is 1.03 bits per heavy atom. The molecule has 1 aliphatic heterocycles. The molecule has 10 heteroatoms. The second kappa shape index (κ2) is 9.58. The van der Waals surface area contributed by atoms with Gasteiger partial charge in [0.2, 0.25) is 15.9 Å². The van der Waals surface area contributed by atoms with Crippen molar-refractivity contribution in [2.75, 3.05) is 37.8 Å². The summed E-state index contributed by atoms with van der Waals surface area (Å²) in [6.07, 6.45) is 1.73. The number of hydrogen-bond donors (Lipinski definition) is 1. The van der Waals surface area contributed by atoms with E-state index in [2.05, 4.69) is 4.98 Å². The lowest BCUT2D eigenvalue weighted by atomic mass is 10.1. The molecule has 0 atom stereocenters. The number of nitrogens with zero attached hydrogens (tertiary/aromatic N) is 4. The second-order valence-electron chi connectivity index (χ2n) is 8.00. The number of nitrogen functional groups attached to an aromatic ring is 1. The topological polar surface area (TPSA) is 102 Å². The van der Waals surface area contributed by atoms with Gasteiger partial charge in [-0.05, 0) is 37.1 Å². The molecule has 0 radical (unpaired) electrons. The van der Waals surface area contributed by atoms with Crippen LogP contribution in [-0.4, -0.2) is 65.1 Å². The molecule has 0 saturated carbocycles. The molecule has 174 valence electrons. The van der Waals surface area contributed by atoms with Gasteiger partial charge in [-0.25, -0.2) is 18.1 Å². The molecule has 1 aromatic heterocycles. The number of thioether (sulfide) groups is 1. The van der Waals surface area contributed by atoms with Gasteiger partial charge < -0.3 is 10.7 Å². The number of hydrogen-bond acceptors (Lipinski definition) is 6. The van der Waals surface area contributed by atoms with Gasteiger partial charge >= 0.3 is 0 Å². The summed E-state index contributed by atoms with van der Waals surface area (Å²) in [6.45, 7) is 5.11. The Balaban J connectivity index is 1.33. The second-order valence-corrected chi connectivity index (χ2v) is 10.9. The number of carbonyl (C=O) groups excluding carboxylic acids is 1. The van der Waals surface area contributed by atoms with E-state index in [1.807, 2.05) is 50.2 Å². The van der Waals surface area contributed by atoms with Crippen LogP contribution in [0.4, 0.5) is 0 Å². The van der Waals surface area contributed by atoms with E-state index in [1.54, 1.807) is 23.2 Å². The van der Waals surface area contributed by atoms with E-state index in [9.17, 15) is 13.2 Å². The van der Waals surface area contributed by atoms with Crippen LogP contribution in [-0.2, 0) is 14.8 Å². The van der Waals surface area contributed by atoms with Crippen LogP contribution in [0.15, 0.2) is 64.8 Å². The van der Waals surface area contributed by atoms with Crippen LogP contribution in [0.3, 0.4) is 0 Å². The van der Waals surface area contributed by atoms with Crippen LogP contribution in [0.5, 0.6) is 0 Å². The molecular weight excluding hydrogens is 458 g/mol. The first-order chi connectivity index (χ1) is 15.8. The SMILES string of the molecule is Cc1ccc(S(=O)(=O)N2CCN(C(=O)CSc3nc(-c4ccccc4)cn3N)CC2)cc1C. The zero-order valence-electron chi connectivity index (χ0n) is 18.6. The maximum absolute atomic E-state index is 13.0. The smallest absolute Gasteiger partial charge is 0.243 e. The van der Waals surface area contributed by atoms with E-state index in [0.717, 1.165) is 22.4 Å². The maximum Gasteiger partial charge on any atom is 0.243 e. The Hall–Kier alpha value is -2.82. The van der Waals surface area contributed by atoms with Crippen LogP contribution in [0.1, 0.15) is 11.1 Å². The molecule has 1 fully saturated rings. The Morgan fingerprint density at radius 3 is 2.39 bits per heavy atom. The van der Waals surface area contributed by atoms with E-state index >= 15 is 0 Å². The number of carbonyl (C=O) groups is 1. The number of aryl methyl sites for hydroxylation is 2. The van der Waals surface area contributed by atoms with Crippen molar-refractivity contribution in [2.45, 2.75) is 23.9 Å². The minimum atomic E-state index is -3.57. The van der Waals surface area contributed by atoms with Crippen LogP contribution in [0.25, 0.3) is 11.3 Å². The average Bonchev–Trinajstić information content (AvgIpc) is 3.20. The van der Waals surface area contributed by atoms with E-state index in [4.69, 9.17) is 5.84 Å². The van der Waals surface area contributed by atoms with Crippen molar-refractivity contribution < 1.29 is 13.2 Å². The van der Waals surface area contributed by atoms with Crippen molar-refractivity contribution in [3.8, 4) is 11.3 Å². The summed E-state index contributed by atoms with van der Waals surface area (Å²) in [6, 6.07) is 14.9. The van der Waals surface area contributed by atoms with Crippen LogP contribution in [0.2, 0.25) is 0 Å². The molecule has 0 aliphatic carbocycles. The van der Waals surface area contributed by atoms with Gasteiger partial charge in [0.25, 0.3) is 0 Å². The first kappa shape index (κ1) is 23.3. The molecule has 4 rings (SSSR count). The van der Waals surface area contributed by atoms with Crippen molar-refractivity contribution in [3.63, 3.8) is 0 Å². The molecule has 2 heterocycles. The third kappa shape index (κ3) is 5.07. The van der Waals surface area contributed by atoms with Gasteiger partial charge in [-0.3, -0.25) is 4.79 Å². The normalized spacial score (nSPS) is 15.0. The van der Waals surface area contributed by atoms with Crippen LogP contribution >= 0.6 is 11.8 Å². The number of aromatic nitrogens is 2. The fourth-order valence-corrected chi connectivity index (χ4v) is 5.96. The highest BCUT2D eigenvalue weighted by molar-refractivity contribution is 7.99. The molecule has 0 unspecified atom stereocenters. The van der Waals surface area contributed by atoms with Gasteiger partial charge in [0.1, 0.15) is 0 Å². The van der Waals surface area contributed by atoms with Gasteiger partial charge in [0.15, 0.2) is 5.16 Å². The van der Waals surface area contributed by atoms with Gasteiger partial charge in [-0.2, -0.15) is 4.31 Å². The molecule has 0 bridgehead atoms. The fourth-order valence-electron chi connectivity index (χ4n) is 3.65. The number of benzene rings is 2. The minimum absolute atomic E-state index is 0.0625. The van der Waals surface area contributed by atoms with Crippen molar-refractivity contribution in [2.24, 2.45) is 0 Å². The lowest BCUT2D eigenvalue weighted by Crippen LogP contribution is -2.51. The van der Waals surface area contributed by atoms with E-state index in [0.29, 0.717) is 23.1 Å². The fraction of sp³-hybridized carbons (Fsp3) is 0.304.